The van der Waals surface area contributed by atoms with Gasteiger partial charge >= 0.3 is 5.97 Å². The number of aromatic nitrogens is 2. The Bertz CT molecular complexity index is 489. The minimum atomic E-state index is -0.864. The van der Waals surface area contributed by atoms with Gasteiger partial charge in [0.2, 0.25) is 0 Å². The number of amides is 1. The number of hydrogen-bond acceptors (Lipinski definition) is 4. The molecule has 1 fully saturated rings. The van der Waals surface area contributed by atoms with Crippen LogP contribution < -0.4 is 0 Å². The fourth-order valence-electron chi connectivity index (χ4n) is 2.28. The predicted octanol–water partition coefficient (Wildman–Crippen LogP) is 1.33. The van der Waals surface area contributed by atoms with Crippen LogP contribution in [-0.4, -0.2) is 55.8 Å². The van der Waals surface area contributed by atoms with Gasteiger partial charge in [-0.05, 0) is 6.42 Å². The second-order valence-corrected chi connectivity index (χ2v) is 5.97. The molecule has 1 aromatic rings. The minimum Gasteiger partial charge on any atom is -0.481 e. The highest BCUT2D eigenvalue weighted by molar-refractivity contribution is 7.99. The molecule has 0 saturated carbocycles. The van der Waals surface area contributed by atoms with E-state index in [0.717, 1.165) is 18.7 Å². The van der Waals surface area contributed by atoms with Crippen molar-refractivity contribution < 1.29 is 14.7 Å². The van der Waals surface area contributed by atoms with Crippen molar-refractivity contribution in [3.63, 3.8) is 0 Å². The normalized spacial score (nSPS) is 19.1. The molecule has 2 rings (SSSR count). The highest BCUT2D eigenvalue weighted by atomic mass is 32.2. The first kappa shape index (κ1) is 14.9. The van der Waals surface area contributed by atoms with E-state index in [-0.39, 0.29) is 18.4 Å². The predicted molar refractivity (Wildman–Crippen MR) is 76.9 cm³/mol. The van der Waals surface area contributed by atoms with E-state index in [9.17, 15) is 9.59 Å². The molecule has 1 aliphatic heterocycles. The van der Waals surface area contributed by atoms with Crippen LogP contribution in [0.25, 0.3) is 0 Å². The summed E-state index contributed by atoms with van der Waals surface area (Å²) >= 11 is 1.70. The smallest absolute Gasteiger partial charge is 0.305 e. The first-order chi connectivity index (χ1) is 9.61. The van der Waals surface area contributed by atoms with Crippen molar-refractivity contribution >= 4 is 23.6 Å². The minimum absolute atomic E-state index is 0.00182. The molecule has 0 bridgehead atoms. The zero-order valence-electron chi connectivity index (χ0n) is 11.5. The first-order valence-corrected chi connectivity index (χ1v) is 7.90. The highest BCUT2D eigenvalue weighted by Crippen LogP contribution is 2.21. The van der Waals surface area contributed by atoms with Crippen LogP contribution in [0, 0.1) is 0 Å². The molecular weight excluding hydrogens is 278 g/mol. The Morgan fingerprint density at radius 2 is 2.35 bits per heavy atom. The lowest BCUT2D eigenvalue weighted by atomic mass is 10.1. The number of thioether (sulfide) groups is 1. The summed E-state index contributed by atoms with van der Waals surface area (Å²) in [5.41, 5.74) is 0.542. The maximum atomic E-state index is 12.5. The van der Waals surface area contributed by atoms with Crippen LogP contribution in [0.5, 0.6) is 0 Å². The SMILES string of the molecule is CCCn1cc(C(=O)N2CCSCC2CC(=O)O)cn1. The molecule has 1 aliphatic rings. The number of rotatable bonds is 5. The average Bonchev–Trinajstić information content (AvgIpc) is 2.87. The van der Waals surface area contributed by atoms with E-state index < -0.39 is 5.97 Å². The Hall–Kier alpha value is -1.50. The molecule has 0 aliphatic carbocycles. The summed E-state index contributed by atoms with van der Waals surface area (Å²) in [5, 5.41) is 13.1. The summed E-state index contributed by atoms with van der Waals surface area (Å²) in [4.78, 5) is 25.1. The van der Waals surface area contributed by atoms with Crippen molar-refractivity contribution in [1.29, 1.82) is 0 Å². The largest absolute Gasteiger partial charge is 0.481 e. The summed E-state index contributed by atoms with van der Waals surface area (Å²) in [6, 6.07) is -0.228. The monoisotopic (exact) mass is 297 g/mol. The van der Waals surface area contributed by atoms with Gasteiger partial charge in [0.25, 0.3) is 5.91 Å². The summed E-state index contributed by atoms with van der Waals surface area (Å²) in [6.07, 6.45) is 4.27. The van der Waals surface area contributed by atoms with E-state index in [4.69, 9.17) is 5.11 Å². The van der Waals surface area contributed by atoms with Crippen molar-refractivity contribution in [2.75, 3.05) is 18.1 Å². The molecule has 1 atom stereocenters. The van der Waals surface area contributed by atoms with Crippen LogP contribution in [0.2, 0.25) is 0 Å². The zero-order chi connectivity index (χ0) is 14.5. The maximum absolute atomic E-state index is 12.5. The summed E-state index contributed by atoms with van der Waals surface area (Å²) < 4.78 is 1.75. The van der Waals surface area contributed by atoms with Crippen LogP contribution in [0.15, 0.2) is 12.4 Å². The third-order valence-corrected chi connectivity index (χ3v) is 4.32. The van der Waals surface area contributed by atoms with Gasteiger partial charge in [0.15, 0.2) is 0 Å². The number of aliphatic carboxylic acids is 1. The Kier molecular flexibility index (Phi) is 5.05. The molecule has 0 aromatic carbocycles. The topological polar surface area (TPSA) is 75.4 Å². The third-order valence-electron chi connectivity index (χ3n) is 3.23. The molecule has 2 heterocycles. The van der Waals surface area contributed by atoms with E-state index in [1.54, 1.807) is 33.7 Å². The molecular formula is C13H19N3O3S. The fourth-order valence-corrected chi connectivity index (χ4v) is 3.35. The first-order valence-electron chi connectivity index (χ1n) is 6.74. The average molecular weight is 297 g/mol. The van der Waals surface area contributed by atoms with Crippen molar-refractivity contribution in [1.82, 2.24) is 14.7 Å². The van der Waals surface area contributed by atoms with Crippen molar-refractivity contribution in [2.24, 2.45) is 0 Å². The third kappa shape index (κ3) is 3.53. The number of carboxylic acid groups (broad SMARTS) is 1. The fraction of sp³-hybridized carbons (Fsp3) is 0.615. The Labute approximate surface area is 122 Å². The molecule has 1 saturated heterocycles. The molecule has 1 N–H and O–H groups in total. The summed E-state index contributed by atoms with van der Waals surface area (Å²) in [7, 11) is 0. The van der Waals surface area contributed by atoms with Crippen LogP contribution in [-0.2, 0) is 11.3 Å². The van der Waals surface area contributed by atoms with Crippen molar-refractivity contribution in [2.45, 2.75) is 32.4 Å². The molecule has 0 spiro atoms. The van der Waals surface area contributed by atoms with Crippen LogP contribution in [0.3, 0.4) is 0 Å². The molecule has 110 valence electrons. The van der Waals surface area contributed by atoms with E-state index >= 15 is 0 Å². The Balaban J connectivity index is 2.09. The number of aryl methyl sites for hydroxylation is 1. The van der Waals surface area contributed by atoms with E-state index in [1.165, 1.54) is 0 Å². The van der Waals surface area contributed by atoms with Crippen LogP contribution in [0.4, 0.5) is 0 Å². The molecule has 1 aromatic heterocycles. The van der Waals surface area contributed by atoms with Crippen molar-refractivity contribution in [3.8, 4) is 0 Å². The van der Waals surface area contributed by atoms with E-state index in [2.05, 4.69) is 5.10 Å². The lowest BCUT2D eigenvalue weighted by molar-refractivity contribution is -0.138. The van der Waals surface area contributed by atoms with Gasteiger partial charge in [0.1, 0.15) is 0 Å². The van der Waals surface area contributed by atoms with Gasteiger partial charge in [-0.15, -0.1) is 0 Å². The van der Waals surface area contributed by atoms with Crippen LogP contribution >= 0.6 is 11.8 Å². The second-order valence-electron chi connectivity index (χ2n) is 4.82. The van der Waals surface area contributed by atoms with Gasteiger partial charge in [-0.2, -0.15) is 16.9 Å². The number of carbonyl (C=O) groups is 2. The van der Waals surface area contributed by atoms with Gasteiger partial charge in [-0.1, -0.05) is 6.92 Å². The zero-order valence-corrected chi connectivity index (χ0v) is 12.3. The van der Waals surface area contributed by atoms with Gasteiger partial charge < -0.3 is 10.0 Å². The lowest BCUT2D eigenvalue weighted by Gasteiger charge is -2.34. The molecule has 1 amide bonds. The summed E-state index contributed by atoms with van der Waals surface area (Å²) in [6.45, 7) is 3.43. The number of carbonyl (C=O) groups excluding carboxylic acids is 1. The van der Waals surface area contributed by atoms with Gasteiger partial charge in [0.05, 0.1) is 24.2 Å². The van der Waals surface area contributed by atoms with E-state index in [0.29, 0.717) is 17.9 Å². The molecule has 20 heavy (non-hydrogen) atoms. The number of hydrogen-bond donors (Lipinski definition) is 1. The van der Waals surface area contributed by atoms with E-state index in [1.807, 2.05) is 6.92 Å². The molecule has 0 radical (unpaired) electrons. The number of carboxylic acids is 1. The number of nitrogens with zero attached hydrogens (tertiary/aromatic N) is 3. The standard InChI is InChI=1S/C13H19N3O3S/c1-2-3-15-8-10(7-14-15)13(19)16-4-5-20-9-11(16)6-12(17)18/h7-8,11H,2-6,9H2,1H3,(H,17,18). The van der Waals surface area contributed by atoms with Crippen molar-refractivity contribution in [3.05, 3.63) is 18.0 Å². The molecule has 6 nitrogen and oxygen atoms in total. The quantitative estimate of drug-likeness (QED) is 0.887. The molecule has 1 unspecified atom stereocenters. The molecule has 7 heteroatoms. The maximum Gasteiger partial charge on any atom is 0.305 e. The Morgan fingerprint density at radius 3 is 3.05 bits per heavy atom. The van der Waals surface area contributed by atoms with Gasteiger partial charge in [-0.25, -0.2) is 0 Å². The summed E-state index contributed by atoms with van der Waals surface area (Å²) in [5.74, 6) is 0.558. The lowest BCUT2D eigenvalue weighted by Crippen LogP contribution is -2.47. The van der Waals surface area contributed by atoms with Gasteiger partial charge in [0, 0.05) is 30.8 Å². The van der Waals surface area contributed by atoms with Crippen LogP contribution in [0.1, 0.15) is 30.1 Å². The second kappa shape index (κ2) is 6.78. The van der Waals surface area contributed by atoms with Gasteiger partial charge in [-0.3, -0.25) is 14.3 Å². The highest BCUT2D eigenvalue weighted by Gasteiger charge is 2.30. The Morgan fingerprint density at radius 1 is 1.55 bits per heavy atom.